The van der Waals surface area contributed by atoms with Crippen LogP contribution in [0.3, 0.4) is 0 Å². The van der Waals surface area contributed by atoms with Gasteiger partial charge in [0.2, 0.25) is 10.0 Å². The van der Waals surface area contributed by atoms with E-state index in [0.717, 1.165) is 60.7 Å². The molecule has 2 aliphatic carbocycles. The Labute approximate surface area is 154 Å². The number of nitrogens with one attached hydrogen (secondary N) is 2. The molecule has 5 nitrogen and oxygen atoms in total. The molecule has 1 aromatic heterocycles. The zero-order valence-electron chi connectivity index (χ0n) is 15.2. The van der Waals surface area contributed by atoms with E-state index < -0.39 is 10.0 Å². The van der Waals surface area contributed by atoms with Crippen molar-refractivity contribution in [3.8, 4) is 0 Å². The number of rotatable bonds is 3. The Morgan fingerprint density at radius 2 is 1.77 bits per heavy atom. The Morgan fingerprint density at radius 3 is 2.50 bits per heavy atom. The zero-order chi connectivity index (χ0) is 18.3. The summed E-state index contributed by atoms with van der Waals surface area (Å²) >= 11 is 0. The van der Waals surface area contributed by atoms with Gasteiger partial charge < -0.3 is 4.98 Å². The highest BCUT2D eigenvalue weighted by molar-refractivity contribution is 7.89. The largest absolute Gasteiger partial charge is 0.358 e. The summed E-state index contributed by atoms with van der Waals surface area (Å²) in [5.74, 6) is 0.157. The summed E-state index contributed by atoms with van der Waals surface area (Å²) in [6, 6.07) is 3.58. The average Bonchev–Trinajstić information content (AvgIpc) is 2.76. The Morgan fingerprint density at radius 1 is 1.04 bits per heavy atom. The molecule has 140 valence electrons. The highest BCUT2D eigenvalue weighted by Crippen LogP contribution is 2.32. The van der Waals surface area contributed by atoms with E-state index in [1.807, 2.05) is 13.0 Å². The van der Waals surface area contributed by atoms with Crippen LogP contribution < -0.4 is 4.72 Å². The first-order valence-electron chi connectivity index (χ1n) is 9.66. The zero-order valence-corrected chi connectivity index (χ0v) is 16.0. The molecule has 6 heteroatoms. The molecule has 2 aliphatic rings. The van der Waals surface area contributed by atoms with Gasteiger partial charge in [-0.3, -0.25) is 4.79 Å². The molecular weight excluding hydrogens is 348 g/mol. The second kappa shape index (κ2) is 6.82. The van der Waals surface area contributed by atoms with E-state index in [4.69, 9.17) is 0 Å². The molecule has 4 rings (SSSR count). The number of carbonyl (C=O) groups is 1. The number of aryl methyl sites for hydroxylation is 2. The predicted molar refractivity (Wildman–Crippen MR) is 102 cm³/mol. The number of carbonyl (C=O) groups excluding carboxylic acids is 1. The third kappa shape index (κ3) is 3.21. The number of H-pyrrole nitrogens is 1. The van der Waals surface area contributed by atoms with Crippen molar-refractivity contribution in [2.45, 2.75) is 75.6 Å². The molecule has 1 aromatic carbocycles. The van der Waals surface area contributed by atoms with E-state index in [-0.39, 0.29) is 11.8 Å². The number of aromatic nitrogens is 1. The van der Waals surface area contributed by atoms with E-state index in [0.29, 0.717) is 16.9 Å². The molecule has 26 heavy (non-hydrogen) atoms. The fraction of sp³-hybridized carbons (Fsp3) is 0.550. The lowest BCUT2D eigenvalue weighted by Gasteiger charge is -2.17. The molecule has 0 aliphatic heterocycles. The fourth-order valence-corrected chi connectivity index (χ4v) is 5.97. The van der Waals surface area contributed by atoms with Crippen molar-refractivity contribution in [2.75, 3.05) is 0 Å². The third-order valence-electron chi connectivity index (χ3n) is 5.75. The first-order chi connectivity index (χ1) is 12.5. The third-order valence-corrected chi connectivity index (χ3v) is 7.41. The minimum absolute atomic E-state index is 0.0241. The Kier molecular flexibility index (Phi) is 4.65. The van der Waals surface area contributed by atoms with E-state index in [1.54, 1.807) is 6.07 Å². The van der Waals surface area contributed by atoms with Gasteiger partial charge in [-0.15, -0.1) is 0 Å². The van der Waals surface area contributed by atoms with E-state index >= 15 is 0 Å². The van der Waals surface area contributed by atoms with Gasteiger partial charge in [0.1, 0.15) is 0 Å². The van der Waals surface area contributed by atoms with Gasteiger partial charge >= 0.3 is 0 Å². The Hall–Kier alpha value is -1.66. The number of hydrogen-bond donors (Lipinski definition) is 2. The topological polar surface area (TPSA) is 79.0 Å². The molecule has 0 saturated heterocycles. The van der Waals surface area contributed by atoms with Gasteiger partial charge in [-0.1, -0.05) is 25.7 Å². The van der Waals surface area contributed by atoms with Crippen LogP contribution in [0.15, 0.2) is 17.0 Å². The van der Waals surface area contributed by atoms with Gasteiger partial charge in [0.25, 0.3) is 0 Å². The molecule has 0 unspecified atom stereocenters. The lowest BCUT2D eigenvalue weighted by molar-refractivity contribution is 0.0974. The normalized spacial score (nSPS) is 19.5. The van der Waals surface area contributed by atoms with Crippen molar-refractivity contribution in [3.05, 3.63) is 29.0 Å². The van der Waals surface area contributed by atoms with Crippen LogP contribution in [-0.2, 0) is 16.4 Å². The molecule has 2 N–H and O–H groups in total. The minimum Gasteiger partial charge on any atom is -0.358 e. The van der Waals surface area contributed by atoms with Crippen molar-refractivity contribution >= 4 is 26.7 Å². The number of fused-ring (bicyclic) bond motifs is 3. The maximum absolute atomic E-state index is 13.0. The summed E-state index contributed by atoms with van der Waals surface area (Å²) in [6.07, 6.45) is 8.62. The summed E-state index contributed by atoms with van der Waals surface area (Å²) in [6.45, 7) is 1.81. The summed E-state index contributed by atoms with van der Waals surface area (Å²) in [5, 5.41) is 0.857. The summed E-state index contributed by atoms with van der Waals surface area (Å²) in [7, 11) is -3.57. The lowest BCUT2D eigenvalue weighted by Crippen LogP contribution is -2.34. The van der Waals surface area contributed by atoms with Crippen molar-refractivity contribution in [3.63, 3.8) is 0 Å². The molecule has 0 bridgehead atoms. The Bertz CT molecular complexity index is 951. The van der Waals surface area contributed by atoms with Crippen LogP contribution in [0.25, 0.3) is 10.9 Å². The SMILES string of the molecule is Cc1cc2c3c([nH]c2cc1S(=O)(=O)NC1CCCCCC1)CCCC3=O. The maximum Gasteiger partial charge on any atom is 0.241 e. The van der Waals surface area contributed by atoms with Crippen LogP contribution in [0.4, 0.5) is 0 Å². The van der Waals surface area contributed by atoms with Crippen molar-refractivity contribution in [2.24, 2.45) is 0 Å². The van der Waals surface area contributed by atoms with E-state index in [2.05, 4.69) is 9.71 Å². The van der Waals surface area contributed by atoms with Gasteiger partial charge in [-0.25, -0.2) is 13.1 Å². The lowest BCUT2D eigenvalue weighted by atomic mass is 9.94. The summed E-state index contributed by atoms with van der Waals surface area (Å²) in [4.78, 5) is 15.9. The van der Waals surface area contributed by atoms with E-state index in [1.165, 1.54) is 12.8 Å². The van der Waals surface area contributed by atoms with Crippen LogP contribution in [0, 0.1) is 6.92 Å². The Balaban J connectivity index is 1.71. The van der Waals surface area contributed by atoms with Gasteiger partial charge in [0.15, 0.2) is 5.78 Å². The van der Waals surface area contributed by atoms with Gasteiger partial charge in [-0.2, -0.15) is 0 Å². The average molecular weight is 375 g/mol. The molecule has 0 amide bonds. The predicted octanol–water partition coefficient (Wildman–Crippen LogP) is 4.00. The molecule has 1 heterocycles. The van der Waals surface area contributed by atoms with Crippen molar-refractivity contribution in [1.82, 2.24) is 9.71 Å². The molecule has 2 aromatic rings. The number of aromatic amines is 1. The molecule has 0 radical (unpaired) electrons. The smallest absolute Gasteiger partial charge is 0.241 e. The second-order valence-corrected chi connectivity index (χ2v) is 9.41. The molecule has 1 saturated carbocycles. The van der Waals surface area contributed by atoms with Crippen LogP contribution in [0.5, 0.6) is 0 Å². The van der Waals surface area contributed by atoms with Gasteiger partial charge in [-0.05, 0) is 50.3 Å². The van der Waals surface area contributed by atoms with Crippen molar-refractivity contribution < 1.29 is 13.2 Å². The highest BCUT2D eigenvalue weighted by atomic mass is 32.2. The van der Waals surface area contributed by atoms with Gasteiger partial charge in [0.05, 0.1) is 4.90 Å². The standard InChI is InChI=1S/C20H26N2O3S/c1-13-11-15-17(21-16-9-6-10-18(23)20(15)16)12-19(13)26(24,25)22-14-7-4-2-3-5-8-14/h11-12,14,21-22H,2-10H2,1H3. The minimum atomic E-state index is -3.57. The molecule has 1 fully saturated rings. The summed E-state index contributed by atoms with van der Waals surface area (Å²) < 4.78 is 28.9. The van der Waals surface area contributed by atoms with Crippen LogP contribution in [-0.4, -0.2) is 25.2 Å². The second-order valence-electron chi connectivity index (χ2n) is 7.73. The first-order valence-corrected chi connectivity index (χ1v) is 11.1. The monoisotopic (exact) mass is 374 g/mol. The van der Waals surface area contributed by atoms with Crippen LogP contribution >= 0.6 is 0 Å². The molecular formula is C20H26N2O3S. The number of hydrogen-bond acceptors (Lipinski definition) is 3. The van der Waals surface area contributed by atoms with Crippen molar-refractivity contribution in [1.29, 1.82) is 0 Å². The first kappa shape index (κ1) is 17.7. The fourth-order valence-electron chi connectivity index (χ4n) is 4.41. The van der Waals surface area contributed by atoms with Gasteiger partial charge in [0, 0.05) is 34.6 Å². The number of Topliss-reactive ketones (excluding diaryl/α,β-unsaturated/α-hetero) is 1. The number of ketones is 1. The molecule has 0 atom stereocenters. The number of sulfonamides is 1. The molecule has 0 spiro atoms. The maximum atomic E-state index is 13.0. The van der Waals surface area contributed by atoms with Crippen LogP contribution in [0.1, 0.15) is 73.0 Å². The van der Waals surface area contributed by atoms with Crippen LogP contribution in [0.2, 0.25) is 0 Å². The van der Waals surface area contributed by atoms with E-state index in [9.17, 15) is 13.2 Å². The number of benzene rings is 1. The quantitative estimate of drug-likeness (QED) is 0.797. The summed E-state index contributed by atoms with van der Waals surface area (Å²) in [5.41, 5.74) is 3.15. The highest BCUT2D eigenvalue weighted by Gasteiger charge is 2.26.